The minimum atomic E-state index is -2.91. The van der Waals surface area contributed by atoms with Gasteiger partial charge < -0.3 is 5.32 Å². The van der Waals surface area contributed by atoms with Crippen molar-refractivity contribution in [3.63, 3.8) is 0 Å². The van der Waals surface area contributed by atoms with Crippen LogP contribution in [0.4, 0.5) is 0 Å². The summed E-state index contributed by atoms with van der Waals surface area (Å²) in [4.78, 5) is 1.29. The summed E-state index contributed by atoms with van der Waals surface area (Å²) in [5.74, 6) is 0.407. The zero-order chi connectivity index (χ0) is 14.0. The van der Waals surface area contributed by atoms with Gasteiger partial charge in [0.05, 0.1) is 5.25 Å². The van der Waals surface area contributed by atoms with Crippen molar-refractivity contribution in [1.29, 1.82) is 0 Å². The summed E-state index contributed by atoms with van der Waals surface area (Å²) in [7, 11) is -0.950. The quantitative estimate of drug-likeness (QED) is 0.889. The molecule has 3 nitrogen and oxygen atoms in total. The Morgan fingerprint density at radius 2 is 2.21 bits per heavy atom. The molecule has 3 atom stereocenters. The molecule has 1 aliphatic rings. The number of rotatable bonds is 4. The average molecular weight is 366 g/mol. The summed E-state index contributed by atoms with van der Waals surface area (Å²) < 4.78 is 24.6. The fraction of sp³-hybridized carbons (Fsp3) is 0.692. The van der Waals surface area contributed by atoms with Crippen LogP contribution in [0.2, 0.25) is 0 Å². The molecule has 0 aromatic carbocycles. The van der Waals surface area contributed by atoms with Gasteiger partial charge >= 0.3 is 0 Å². The lowest BCUT2D eigenvalue weighted by Gasteiger charge is -2.33. The number of hydrogen-bond acceptors (Lipinski definition) is 4. The van der Waals surface area contributed by atoms with E-state index in [-0.39, 0.29) is 11.3 Å². The second-order valence-corrected chi connectivity index (χ2v) is 9.50. The second-order valence-electron chi connectivity index (χ2n) is 5.31. The van der Waals surface area contributed by atoms with E-state index in [0.29, 0.717) is 5.92 Å². The Kier molecular flexibility index (Phi) is 5.09. The molecule has 0 amide bonds. The molecule has 1 aromatic rings. The Balaban J connectivity index is 2.15. The molecule has 0 spiro atoms. The van der Waals surface area contributed by atoms with Crippen molar-refractivity contribution in [2.75, 3.05) is 13.3 Å². The Labute approximate surface area is 127 Å². The zero-order valence-electron chi connectivity index (χ0n) is 11.2. The lowest BCUT2D eigenvalue weighted by Crippen LogP contribution is -2.34. The summed E-state index contributed by atoms with van der Waals surface area (Å²) in [6, 6.07) is 2.40. The maximum atomic E-state index is 11.8. The van der Waals surface area contributed by atoms with Gasteiger partial charge in [0.1, 0.15) is 9.84 Å². The third-order valence-electron chi connectivity index (χ3n) is 3.95. The van der Waals surface area contributed by atoms with Crippen molar-refractivity contribution in [3.05, 3.63) is 20.8 Å². The van der Waals surface area contributed by atoms with Gasteiger partial charge in [-0.3, -0.25) is 0 Å². The van der Waals surface area contributed by atoms with Crippen LogP contribution in [0, 0.1) is 5.92 Å². The highest BCUT2D eigenvalue weighted by molar-refractivity contribution is 9.10. The van der Waals surface area contributed by atoms with E-state index in [0.717, 1.165) is 30.2 Å². The molecule has 1 N–H and O–H groups in total. The first kappa shape index (κ1) is 15.5. The summed E-state index contributed by atoms with van der Waals surface area (Å²) in [6.07, 6.45) is 5.08. The van der Waals surface area contributed by atoms with Crippen LogP contribution in [0.25, 0.3) is 0 Å². The van der Waals surface area contributed by atoms with E-state index < -0.39 is 9.84 Å². The number of hydrogen-bond donors (Lipinski definition) is 1. The van der Waals surface area contributed by atoms with Crippen LogP contribution in [0.3, 0.4) is 0 Å². The number of halogens is 1. The smallest absolute Gasteiger partial charge is 0.150 e. The highest BCUT2D eigenvalue weighted by Crippen LogP contribution is 2.39. The fourth-order valence-corrected chi connectivity index (χ4v) is 5.81. The summed E-state index contributed by atoms with van der Waals surface area (Å²) in [6.45, 7) is 0. The van der Waals surface area contributed by atoms with Crippen LogP contribution in [0.5, 0.6) is 0 Å². The van der Waals surface area contributed by atoms with Gasteiger partial charge in [0, 0.05) is 27.0 Å². The fourth-order valence-electron chi connectivity index (χ4n) is 2.97. The van der Waals surface area contributed by atoms with Crippen molar-refractivity contribution in [3.8, 4) is 0 Å². The molecule has 6 heteroatoms. The standard InChI is InChI=1S/C13H20BrNO2S2/c1-15-13(12-7-10(14)8-18-12)9-4-3-5-11(6-9)19(2,16)17/h7-9,11,13,15H,3-6H2,1-2H3. The molecule has 3 unspecified atom stereocenters. The first-order chi connectivity index (χ1) is 8.91. The molecule has 0 bridgehead atoms. The molecule has 0 aliphatic heterocycles. The Morgan fingerprint density at radius 3 is 2.74 bits per heavy atom. The lowest BCUT2D eigenvalue weighted by molar-refractivity contribution is 0.285. The predicted octanol–water partition coefficient (Wildman–Crippen LogP) is 3.37. The van der Waals surface area contributed by atoms with Gasteiger partial charge in [-0.1, -0.05) is 6.42 Å². The van der Waals surface area contributed by atoms with Crippen molar-refractivity contribution >= 4 is 37.1 Å². The molecule has 1 fully saturated rings. The van der Waals surface area contributed by atoms with Crippen molar-refractivity contribution in [2.24, 2.45) is 5.92 Å². The second kappa shape index (κ2) is 6.24. The van der Waals surface area contributed by atoms with Gasteiger partial charge in [0.15, 0.2) is 0 Å². The van der Waals surface area contributed by atoms with E-state index >= 15 is 0 Å². The number of thiophene rings is 1. The zero-order valence-corrected chi connectivity index (χ0v) is 14.4. The maximum absolute atomic E-state index is 11.8. The van der Waals surface area contributed by atoms with Gasteiger partial charge in [-0.15, -0.1) is 11.3 Å². The Bertz CT molecular complexity index is 527. The number of nitrogens with one attached hydrogen (secondary N) is 1. The molecular formula is C13H20BrNO2S2. The van der Waals surface area contributed by atoms with Crippen molar-refractivity contribution in [1.82, 2.24) is 5.32 Å². The number of sulfone groups is 1. The van der Waals surface area contributed by atoms with E-state index in [2.05, 4.69) is 32.7 Å². The summed E-state index contributed by atoms with van der Waals surface area (Å²) in [5.41, 5.74) is 0. The predicted molar refractivity (Wildman–Crippen MR) is 84.4 cm³/mol. The topological polar surface area (TPSA) is 46.2 Å². The van der Waals surface area contributed by atoms with Crippen LogP contribution >= 0.6 is 27.3 Å². The van der Waals surface area contributed by atoms with Crippen LogP contribution in [-0.2, 0) is 9.84 Å². The average Bonchev–Trinajstić information content (AvgIpc) is 2.76. The summed E-state index contributed by atoms with van der Waals surface area (Å²) in [5, 5.41) is 5.29. The first-order valence-electron chi connectivity index (χ1n) is 6.52. The summed E-state index contributed by atoms with van der Waals surface area (Å²) >= 11 is 5.21. The molecule has 1 heterocycles. The van der Waals surface area contributed by atoms with Gasteiger partial charge in [-0.2, -0.15) is 0 Å². The Morgan fingerprint density at radius 1 is 1.47 bits per heavy atom. The van der Waals surface area contributed by atoms with E-state index in [9.17, 15) is 8.42 Å². The van der Waals surface area contributed by atoms with Crippen molar-refractivity contribution < 1.29 is 8.42 Å². The molecule has 0 saturated heterocycles. The highest BCUT2D eigenvalue weighted by Gasteiger charge is 2.33. The molecule has 108 valence electrons. The first-order valence-corrected chi connectivity index (χ1v) is 10.1. The van der Waals surface area contributed by atoms with E-state index in [1.165, 1.54) is 11.1 Å². The lowest BCUT2D eigenvalue weighted by atomic mass is 9.83. The highest BCUT2D eigenvalue weighted by atomic mass is 79.9. The monoisotopic (exact) mass is 365 g/mol. The van der Waals surface area contributed by atoms with Gasteiger partial charge in [0.25, 0.3) is 0 Å². The van der Waals surface area contributed by atoms with E-state index in [4.69, 9.17) is 0 Å². The van der Waals surface area contributed by atoms with E-state index in [1.54, 1.807) is 11.3 Å². The molecular weight excluding hydrogens is 346 g/mol. The maximum Gasteiger partial charge on any atom is 0.150 e. The SMILES string of the molecule is CNC(c1cc(Br)cs1)C1CCCC(S(C)(=O)=O)C1. The van der Waals surface area contributed by atoms with Gasteiger partial charge in [-0.25, -0.2) is 8.42 Å². The van der Waals surface area contributed by atoms with E-state index in [1.807, 2.05) is 7.05 Å². The van der Waals surface area contributed by atoms with Crippen LogP contribution < -0.4 is 5.32 Å². The normalized spacial score (nSPS) is 26.3. The molecule has 19 heavy (non-hydrogen) atoms. The molecule has 0 radical (unpaired) electrons. The minimum absolute atomic E-state index is 0.162. The van der Waals surface area contributed by atoms with Crippen LogP contribution in [-0.4, -0.2) is 27.0 Å². The Hall–Kier alpha value is 0.0900. The van der Waals surface area contributed by atoms with Crippen LogP contribution in [0.15, 0.2) is 15.9 Å². The molecule has 1 aromatic heterocycles. The largest absolute Gasteiger partial charge is 0.312 e. The minimum Gasteiger partial charge on any atom is -0.312 e. The third-order valence-corrected chi connectivity index (χ3v) is 7.36. The third kappa shape index (κ3) is 3.80. The van der Waals surface area contributed by atoms with Crippen molar-refractivity contribution in [2.45, 2.75) is 37.0 Å². The molecule has 1 saturated carbocycles. The van der Waals surface area contributed by atoms with Gasteiger partial charge in [-0.05, 0) is 54.2 Å². The van der Waals surface area contributed by atoms with Gasteiger partial charge in [0.2, 0.25) is 0 Å². The molecule has 1 aliphatic carbocycles. The molecule has 2 rings (SSSR count). The van der Waals surface area contributed by atoms with Crippen LogP contribution in [0.1, 0.15) is 36.6 Å².